The van der Waals surface area contributed by atoms with Gasteiger partial charge in [0.15, 0.2) is 0 Å². The van der Waals surface area contributed by atoms with Crippen LogP contribution < -0.4 is 10.9 Å². The molecule has 0 aliphatic rings. The molecule has 0 aliphatic carbocycles. The first-order chi connectivity index (χ1) is 21.5. The maximum absolute atomic E-state index is 10.6. The molecule has 0 aliphatic heterocycles. The van der Waals surface area contributed by atoms with Gasteiger partial charge in [0.2, 0.25) is 0 Å². The number of hydrogen-bond donors (Lipinski definition) is 4. The molecule has 4 aromatic carbocycles. The van der Waals surface area contributed by atoms with Crippen LogP contribution in [0.4, 0.5) is 11.4 Å². The predicted octanol–water partition coefficient (Wildman–Crippen LogP) is 9.95. The molecule has 0 fully saturated rings. The van der Waals surface area contributed by atoms with E-state index in [1.54, 1.807) is 12.1 Å². The number of unbranched alkanes of at least 4 members (excludes halogenated alkanes) is 7. The number of anilines is 2. The van der Waals surface area contributed by atoms with Crippen LogP contribution in [0.2, 0.25) is 0 Å². The van der Waals surface area contributed by atoms with Crippen molar-refractivity contribution in [1.29, 1.82) is 0 Å². The summed E-state index contributed by atoms with van der Waals surface area (Å²) < 4.78 is 0. The number of nitrogens with zero attached hydrogens (tertiary/aromatic N) is 2. The van der Waals surface area contributed by atoms with Crippen LogP contribution in [0.1, 0.15) is 86.5 Å². The Kier molecular flexibility index (Phi) is 12.9. The summed E-state index contributed by atoms with van der Waals surface area (Å²) in [6.07, 6.45) is 10.7. The van der Waals surface area contributed by atoms with Crippen molar-refractivity contribution in [2.45, 2.75) is 78.1 Å². The lowest BCUT2D eigenvalue weighted by molar-refractivity contribution is 0.472. The van der Waals surface area contributed by atoms with Crippen LogP contribution in [0.25, 0.3) is 0 Å². The summed E-state index contributed by atoms with van der Waals surface area (Å²) in [6.45, 7) is 3.96. The van der Waals surface area contributed by atoms with Gasteiger partial charge >= 0.3 is 0 Å². The summed E-state index contributed by atoms with van der Waals surface area (Å²) in [5.41, 5.74) is 13.6. The molecule has 0 heterocycles. The van der Waals surface area contributed by atoms with E-state index >= 15 is 0 Å². The summed E-state index contributed by atoms with van der Waals surface area (Å²) in [7, 11) is 0. The summed E-state index contributed by atoms with van der Waals surface area (Å²) in [5.74, 6) is 0.556. The standard InChI is InChI=1S/C38H46N4O2/c1-29-23-25-33(37(43)27-29)35(41-39-31-17-11-9-12-18-31)21-15-7-5-3-4-6-8-16-22-36(34-26-24-30(2)28-38(34)44)42-40-32-19-13-10-14-20-32/h9-14,17-20,23-28,39-40,43-44H,3-8,15-16,21-22H2,1-2H3/b41-35-,42-36-. The number of aromatic hydroxyl groups is 2. The number of nitrogens with one attached hydrogen (secondary N) is 2. The van der Waals surface area contributed by atoms with E-state index in [0.29, 0.717) is 0 Å². The molecule has 230 valence electrons. The first-order valence-electron chi connectivity index (χ1n) is 15.8. The molecule has 0 saturated heterocycles. The van der Waals surface area contributed by atoms with Gasteiger partial charge in [-0.1, -0.05) is 87.1 Å². The van der Waals surface area contributed by atoms with Crippen LogP contribution in [-0.4, -0.2) is 21.6 Å². The van der Waals surface area contributed by atoms with Gasteiger partial charge in [-0.3, -0.25) is 10.9 Å². The molecule has 44 heavy (non-hydrogen) atoms. The molecule has 4 N–H and O–H groups in total. The Morgan fingerprint density at radius 3 is 1.23 bits per heavy atom. The van der Waals surface area contributed by atoms with Crippen LogP contribution in [0, 0.1) is 13.8 Å². The third kappa shape index (κ3) is 10.6. The number of phenols is 2. The van der Waals surface area contributed by atoms with Crippen LogP contribution in [0.5, 0.6) is 11.5 Å². The van der Waals surface area contributed by atoms with Crippen molar-refractivity contribution in [3.63, 3.8) is 0 Å². The molecule has 0 amide bonds. The minimum Gasteiger partial charge on any atom is -0.507 e. The molecule has 0 atom stereocenters. The SMILES string of the molecule is Cc1ccc(/C(CCCCCCCCCC/C(=N/Nc2ccccc2)c2ccc(C)cc2O)=N\Nc2ccccc2)c(O)c1. The number of para-hydroxylation sites is 2. The Hall–Kier alpha value is -4.58. The molecular formula is C38H46N4O2. The normalized spacial score (nSPS) is 11.9. The summed E-state index contributed by atoms with van der Waals surface area (Å²) >= 11 is 0. The van der Waals surface area contributed by atoms with Crippen molar-refractivity contribution in [3.8, 4) is 11.5 Å². The zero-order chi connectivity index (χ0) is 31.0. The molecule has 0 saturated carbocycles. The molecule has 6 nitrogen and oxygen atoms in total. The lowest BCUT2D eigenvalue weighted by atomic mass is 9.99. The number of aryl methyl sites for hydroxylation is 2. The van der Waals surface area contributed by atoms with Crippen molar-refractivity contribution in [2.75, 3.05) is 10.9 Å². The first kappa shape index (κ1) is 32.3. The fourth-order valence-corrected chi connectivity index (χ4v) is 5.21. The van der Waals surface area contributed by atoms with Gasteiger partial charge in [0, 0.05) is 11.1 Å². The summed E-state index contributed by atoms with van der Waals surface area (Å²) in [5, 5.41) is 30.5. The zero-order valence-electron chi connectivity index (χ0n) is 26.1. The van der Waals surface area contributed by atoms with Crippen molar-refractivity contribution < 1.29 is 10.2 Å². The van der Waals surface area contributed by atoms with E-state index in [-0.39, 0.29) is 11.5 Å². The fourth-order valence-electron chi connectivity index (χ4n) is 5.21. The van der Waals surface area contributed by atoms with Crippen LogP contribution in [0.3, 0.4) is 0 Å². The Morgan fingerprint density at radius 1 is 0.500 bits per heavy atom. The van der Waals surface area contributed by atoms with Gasteiger partial charge < -0.3 is 10.2 Å². The van der Waals surface area contributed by atoms with Gasteiger partial charge in [0.1, 0.15) is 11.5 Å². The molecule has 0 aromatic heterocycles. The molecule has 0 radical (unpaired) electrons. The Balaban J connectivity index is 1.19. The Labute approximate surface area is 262 Å². The van der Waals surface area contributed by atoms with Gasteiger partial charge in [0.05, 0.1) is 22.8 Å². The second-order valence-corrected chi connectivity index (χ2v) is 11.4. The third-order valence-electron chi connectivity index (χ3n) is 7.69. The van der Waals surface area contributed by atoms with Crippen molar-refractivity contribution in [2.24, 2.45) is 10.2 Å². The molecule has 4 rings (SSSR count). The quantitative estimate of drug-likeness (QED) is 0.0560. The third-order valence-corrected chi connectivity index (χ3v) is 7.69. The van der Waals surface area contributed by atoms with Crippen molar-refractivity contribution in [3.05, 3.63) is 119 Å². The van der Waals surface area contributed by atoms with E-state index in [0.717, 1.165) is 83.6 Å². The predicted molar refractivity (Wildman–Crippen MR) is 185 cm³/mol. The number of hydrogen-bond acceptors (Lipinski definition) is 6. The Morgan fingerprint density at radius 2 is 0.864 bits per heavy atom. The molecule has 0 bridgehead atoms. The molecular weight excluding hydrogens is 544 g/mol. The Bertz CT molecular complexity index is 1390. The minimum absolute atomic E-state index is 0.278. The number of phenolic OH excluding ortho intramolecular Hbond substituents is 2. The van der Waals surface area contributed by atoms with Gasteiger partial charge in [-0.05, 0) is 99.2 Å². The average Bonchev–Trinajstić information content (AvgIpc) is 3.02. The van der Waals surface area contributed by atoms with Gasteiger partial charge in [0.25, 0.3) is 0 Å². The lowest BCUT2D eigenvalue weighted by Gasteiger charge is -2.11. The van der Waals surface area contributed by atoms with Crippen molar-refractivity contribution >= 4 is 22.8 Å². The highest BCUT2D eigenvalue weighted by Gasteiger charge is 2.11. The highest BCUT2D eigenvalue weighted by Crippen LogP contribution is 2.24. The van der Waals surface area contributed by atoms with Gasteiger partial charge in [-0.2, -0.15) is 10.2 Å². The van der Waals surface area contributed by atoms with Gasteiger partial charge in [-0.15, -0.1) is 0 Å². The van der Waals surface area contributed by atoms with E-state index in [4.69, 9.17) is 0 Å². The van der Waals surface area contributed by atoms with E-state index in [2.05, 4.69) is 21.1 Å². The minimum atomic E-state index is 0.278. The average molecular weight is 591 g/mol. The number of hydrazone groups is 2. The second-order valence-electron chi connectivity index (χ2n) is 11.4. The highest BCUT2D eigenvalue weighted by molar-refractivity contribution is 6.03. The van der Waals surface area contributed by atoms with E-state index < -0.39 is 0 Å². The first-order valence-corrected chi connectivity index (χ1v) is 15.8. The number of benzene rings is 4. The van der Waals surface area contributed by atoms with Gasteiger partial charge in [-0.25, -0.2) is 0 Å². The largest absolute Gasteiger partial charge is 0.507 e. The molecule has 0 spiro atoms. The van der Waals surface area contributed by atoms with Crippen LogP contribution >= 0.6 is 0 Å². The fraction of sp³-hybridized carbons (Fsp3) is 0.316. The van der Waals surface area contributed by atoms with E-state index in [1.807, 2.05) is 98.8 Å². The summed E-state index contributed by atoms with van der Waals surface area (Å²) in [6, 6.07) is 31.4. The zero-order valence-corrected chi connectivity index (χ0v) is 26.1. The summed E-state index contributed by atoms with van der Waals surface area (Å²) in [4.78, 5) is 0. The topological polar surface area (TPSA) is 89.2 Å². The van der Waals surface area contributed by atoms with E-state index in [9.17, 15) is 10.2 Å². The molecule has 6 heteroatoms. The second kappa shape index (κ2) is 17.5. The molecule has 4 aromatic rings. The monoisotopic (exact) mass is 590 g/mol. The lowest BCUT2D eigenvalue weighted by Crippen LogP contribution is -2.06. The molecule has 0 unspecified atom stereocenters. The van der Waals surface area contributed by atoms with Crippen molar-refractivity contribution in [1.82, 2.24) is 0 Å². The van der Waals surface area contributed by atoms with E-state index in [1.165, 1.54) is 25.7 Å². The number of rotatable bonds is 17. The smallest absolute Gasteiger partial charge is 0.124 e. The van der Waals surface area contributed by atoms with Crippen LogP contribution in [0.15, 0.2) is 107 Å². The maximum atomic E-state index is 10.6. The highest BCUT2D eigenvalue weighted by atomic mass is 16.3. The van der Waals surface area contributed by atoms with Crippen LogP contribution in [-0.2, 0) is 0 Å². The maximum Gasteiger partial charge on any atom is 0.124 e.